The molecule has 0 aliphatic carbocycles. The maximum Gasteiger partial charge on any atom is 0.417 e. The maximum atomic E-state index is 13.1. The van der Waals surface area contributed by atoms with Gasteiger partial charge in [-0.1, -0.05) is 5.57 Å². The van der Waals surface area contributed by atoms with E-state index >= 15 is 0 Å². The minimum atomic E-state index is -4.63. The van der Waals surface area contributed by atoms with Crippen molar-refractivity contribution >= 4 is 15.5 Å². The Labute approximate surface area is 165 Å². The van der Waals surface area contributed by atoms with Crippen LogP contribution < -0.4 is 4.90 Å². The van der Waals surface area contributed by atoms with Crippen LogP contribution in [0.2, 0.25) is 0 Å². The first-order chi connectivity index (χ1) is 13.6. The lowest BCUT2D eigenvalue weighted by atomic mass is 10.0. The predicted octanol–water partition coefficient (Wildman–Crippen LogP) is 4.67. The molecule has 0 amide bonds. The van der Waals surface area contributed by atoms with E-state index in [1.54, 1.807) is 11.0 Å². The summed E-state index contributed by atoms with van der Waals surface area (Å²) in [5, 5.41) is 10.0. The highest BCUT2D eigenvalue weighted by Gasteiger charge is 2.34. The first-order valence-electron chi connectivity index (χ1n) is 8.66. The van der Waals surface area contributed by atoms with E-state index in [1.807, 2.05) is 0 Å². The summed E-state index contributed by atoms with van der Waals surface area (Å²) in [6.45, 7) is 0.682. The Kier molecular flexibility index (Phi) is 5.66. The summed E-state index contributed by atoms with van der Waals surface area (Å²) in [6.07, 6.45) is -3.91. The molecule has 29 heavy (non-hydrogen) atoms. The smallest absolute Gasteiger partial charge is 0.371 e. The summed E-state index contributed by atoms with van der Waals surface area (Å²) < 4.78 is 77.3. The van der Waals surface area contributed by atoms with Gasteiger partial charge >= 0.3 is 6.18 Å². The Morgan fingerprint density at radius 2 is 1.66 bits per heavy atom. The van der Waals surface area contributed by atoms with E-state index in [9.17, 15) is 26.0 Å². The molecule has 0 spiro atoms. The Hall–Kier alpha value is -2.86. The molecule has 9 heteroatoms. The van der Waals surface area contributed by atoms with Gasteiger partial charge in [0, 0.05) is 24.2 Å². The molecule has 0 radical (unpaired) electrons. The van der Waals surface area contributed by atoms with Crippen LogP contribution in [0, 0.1) is 17.1 Å². The van der Waals surface area contributed by atoms with Gasteiger partial charge in [0.05, 0.1) is 22.1 Å². The molecule has 152 valence electrons. The third-order valence-electron chi connectivity index (χ3n) is 4.66. The molecule has 1 aliphatic heterocycles. The lowest BCUT2D eigenvalue weighted by Gasteiger charge is -2.31. The zero-order valence-electron chi connectivity index (χ0n) is 15.1. The number of hydrogen-bond donors (Lipinski definition) is 0. The van der Waals surface area contributed by atoms with Crippen LogP contribution >= 0.6 is 0 Å². The molecule has 0 unspecified atom stereocenters. The van der Waals surface area contributed by atoms with E-state index in [4.69, 9.17) is 5.26 Å². The number of sulfone groups is 1. The fourth-order valence-corrected chi connectivity index (χ4v) is 4.47. The average Bonchev–Trinajstić information content (AvgIpc) is 2.67. The predicted molar refractivity (Wildman–Crippen MR) is 99.3 cm³/mol. The maximum absolute atomic E-state index is 13.1. The number of piperidine rings is 1. The first kappa shape index (κ1) is 20.9. The van der Waals surface area contributed by atoms with Gasteiger partial charge in [-0.25, -0.2) is 12.8 Å². The van der Waals surface area contributed by atoms with Gasteiger partial charge in [0.15, 0.2) is 9.84 Å². The van der Waals surface area contributed by atoms with Crippen molar-refractivity contribution in [1.29, 1.82) is 5.26 Å². The van der Waals surface area contributed by atoms with Crippen molar-refractivity contribution in [3.05, 3.63) is 70.4 Å². The Balaban J connectivity index is 1.76. The number of nitrogens with zero attached hydrogens (tertiary/aromatic N) is 2. The Bertz CT molecular complexity index is 1070. The van der Waals surface area contributed by atoms with E-state index in [2.05, 4.69) is 0 Å². The highest BCUT2D eigenvalue weighted by molar-refractivity contribution is 7.94. The van der Waals surface area contributed by atoms with Gasteiger partial charge in [-0.15, -0.1) is 0 Å². The van der Waals surface area contributed by atoms with Crippen molar-refractivity contribution in [1.82, 2.24) is 0 Å². The standard InChI is InChI=1S/C20H16F4N2O2S/c21-16-2-5-18(6-3-16)29(27,28)13-14-7-9-26(10-8-14)17-4-1-15(12-25)19(11-17)20(22,23)24/h1-6,11,13H,7-10H2. The summed E-state index contributed by atoms with van der Waals surface area (Å²) in [6, 6.07) is 9.60. The van der Waals surface area contributed by atoms with E-state index in [-0.39, 0.29) is 4.90 Å². The molecular weight excluding hydrogens is 408 g/mol. The van der Waals surface area contributed by atoms with Gasteiger partial charge in [0.1, 0.15) is 5.82 Å². The number of anilines is 1. The molecule has 4 nitrogen and oxygen atoms in total. The normalized spacial score (nSPS) is 15.1. The number of halogens is 4. The minimum Gasteiger partial charge on any atom is -0.371 e. The van der Waals surface area contributed by atoms with Crippen LogP contribution in [0.4, 0.5) is 23.2 Å². The van der Waals surface area contributed by atoms with Crippen LogP contribution in [-0.2, 0) is 16.0 Å². The number of rotatable bonds is 3. The fraction of sp³-hybridized carbons (Fsp3) is 0.250. The van der Waals surface area contributed by atoms with Crippen LogP contribution in [0.3, 0.4) is 0 Å². The number of nitriles is 1. The summed E-state index contributed by atoms with van der Waals surface area (Å²) in [5.41, 5.74) is -0.450. The second-order valence-electron chi connectivity index (χ2n) is 6.60. The lowest BCUT2D eigenvalue weighted by Crippen LogP contribution is -2.31. The van der Waals surface area contributed by atoms with E-state index in [1.165, 1.54) is 18.2 Å². The molecule has 1 fully saturated rings. The van der Waals surface area contributed by atoms with Gasteiger partial charge < -0.3 is 4.90 Å². The van der Waals surface area contributed by atoms with Gasteiger partial charge in [-0.3, -0.25) is 0 Å². The number of alkyl halides is 3. The molecule has 0 atom stereocenters. The first-order valence-corrected chi connectivity index (χ1v) is 10.2. The van der Waals surface area contributed by atoms with Crippen LogP contribution in [0.15, 0.2) is 58.3 Å². The molecular formula is C20H16F4N2O2S. The Morgan fingerprint density at radius 1 is 1.03 bits per heavy atom. The number of hydrogen-bond acceptors (Lipinski definition) is 4. The van der Waals surface area contributed by atoms with Crippen LogP contribution in [0.25, 0.3) is 0 Å². The van der Waals surface area contributed by atoms with Crippen molar-refractivity contribution in [3.63, 3.8) is 0 Å². The molecule has 0 bridgehead atoms. The summed E-state index contributed by atoms with van der Waals surface area (Å²) in [5.74, 6) is -0.537. The minimum absolute atomic E-state index is 0.0178. The second-order valence-corrected chi connectivity index (χ2v) is 8.40. The van der Waals surface area contributed by atoms with Gasteiger partial charge in [-0.05, 0) is 55.3 Å². The van der Waals surface area contributed by atoms with Crippen molar-refractivity contribution in [2.45, 2.75) is 23.9 Å². The molecule has 1 heterocycles. The zero-order chi connectivity index (χ0) is 21.2. The van der Waals surface area contributed by atoms with Crippen LogP contribution in [0.5, 0.6) is 0 Å². The highest BCUT2D eigenvalue weighted by Crippen LogP contribution is 2.35. The molecule has 0 aromatic heterocycles. The summed E-state index contributed by atoms with van der Waals surface area (Å²) in [7, 11) is -3.73. The van der Waals surface area contributed by atoms with Gasteiger partial charge in [-0.2, -0.15) is 18.4 Å². The van der Waals surface area contributed by atoms with E-state index < -0.39 is 33.0 Å². The largest absolute Gasteiger partial charge is 0.417 e. The SMILES string of the molecule is N#Cc1ccc(N2CCC(=CS(=O)(=O)c3ccc(F)cc3)CC2)cc1C(F)(F)F. The lowest BCUT2D eigenvalue weighted by molar-refractivity contribution is -0.137. The van der Waals surface area contributed by atoms with Crippen molar-refractivity contribution in [2.75, 3.05) is 18.0 Å². The quantitative estimate of drug-likeness (QED) is 0.531. The topological polar surface area (TPSA) is 61.2 Å². The average molecular weight is 424 g/mol. The van der Waals surface area contributed by atoms with Crippen molar-refractivity contribution < 1.29 is 26.0 Å². The molecule has 2 aromatic rings. The molecule has 0 saturated carbocycles. The zero-order valence-corrected chi connectivity index (χ0v) is 15.9. The molecule has 0 N–H and O–H groups in total. The number of benzene rings is 2. The van der Waals surface area contributed by atoms with Crippen molar-refractivity contribution in [3.8, 4) is 6.07 Å². The van der Waals surface area contributed by atoms with Crippen LogP contribution in [0.1, 0.15) is 24.0 Å². The monoisotopic (exact) mass is 424 g/mol. The fourth-order valence-electron chi connectivity index (χ4n) is 3.14. The summed E-state index contributed by atoms with van der Waals surface area (Å²) in [4.78, 5) is 1.70. The van der Waals surface area contributed by atoms with Gasteiger partial charge in [0.25, 0.3) is 0 Å². The second kappa shape index (κ2) is 7.87. The summed E-state index contributed by atoms with van der Waals surface area (Å²) >= 11 is 0. The van der Waals surface area contributed by atoms with Crippen molar-refractivity contribution in [2.24, 2.45) is 0 Å². The highest BCUT2D eigenvalue weighted by atomic mass is 32.2. The molecule has 1 saturated heterocycles. The molecule has 1 aliphatic rings. The molecule has 2 aromatic carbocycles. The Morgan fingerprint density at radius 3 is 2.21 bits per heavy atom. The van der Waals surface area contributed by atoms with Crippen LogP contribution in [-0.4, -0.2) is 21.5 Å². The molecule has 3 rings (SSSR count). The third-order valence-corrected chi connectivity index (χ3v) is 6.24. The third kappa shape index (κ3) is 4.77. The van der Waals surface area contributed by atoms with Gasteiger partial charge in [0.2, 0.25) is 0 Å². The van der Waals surface area contributed by atoms with E-state index in [0.717, 1.165) is 29.7 Å². The van der Waals surface area contributed by atoms with E-state index in [0.29, 0.717) is 37.2 Å².